The summed E-state index contributed by atoms with van der Waals surface area (Å²) in [6, 6.07) is 2.24. The van der Waals surface area contributed by atoms with Gasteiger partial charge >= 0.3 is 12.3 Å². The Morgan fingerprint density at radius 1 is 1.21 bits per heavy atom. The molecule has 0 aliphatic heterocycles. The van der Waals surface area contributed by atoms with Crippen LogP contribution < -0.4 is 5.32 Å². The fraction of sp³-hybridized carbons (Fsp3) is 0.529. The molecule has 0 aliphatic rings. The number of thioether (sulfide) groups is 1. The zero-order chi connectivity index (χ0) is 21.2. The van der Waals surface area contributed by atoms with E-state index < -0.39 is 29.0 Å². The fourth-order valence-electron chi connectivity index (χ4n) is 1.95. The molecule has 2 heterocycles. The number of ether oxygens (including phenoxy) is 1. The van der Waals surface area contributed by atoms with Gasteiger partial charge in [0.15, 0.2) is 5.82 Å². The molecule has 2 rings (SSSR count). The van der Waals surface area contributed by atoms with Gasteiger partial charge in [0.1, 0.15) is 11.1 Å². The van der Waals surface area contributed by atoms with Gasteiger partial charge in [0.05, 0.1) is 16.3 Å². The molecule has 11 heteroatoms. The Balaban J connectivity index is 1.97. The topological polar surface area (TPSA) is 90.1 Å². The Morgan fingerprint density at radius 3 is 2.43 bits per heavy atom. The minimum Gasteiger partial charge on any atom is -0.444 e. The summed E-state index contributed by atoms with van der Waals surface area (Å²) in [4.78, 5) is 19.9. The lowest BCUT2D eigenvalue weighted by Gasteiger charge is -2.26. The molecule has 1 amide bonds. The van der Waals surface area contributed by atoms with Crippen LogP contribution in [0.15, 0.2) is 27.9 Å². The molecule has 0 saturated heterocycles. The molecule has 2 aromatic heterocycles. The van der Waals surface area contributed by atoms with E-state index in [0.29, 0.717) is 5.03 Å². The van der Waals surface area contributed by atoms with E-state index in [-0.39, 0.29) is 17.5 Å². The van der Waals surface area contributed by atoms with Gasteiger partial charge in [-0.3, -0.25) is 0 Å². The SMILES string of the molecule is CC(C)(C)OC(=O)NC(C)(C)c1noc(CSc2ccc(C(F)(F)F)cn2)n1. The summed E-state index contributed by atoms with van der Waals surface area (Å²) in [7, 11) is 0. The van der Waals surface area contributed by atoms with Crippen LogP contribution >= 0.6 is 11.8 Å². The summed E-state index contributed by atoms with van der Waals surface area (Å²) in [5.74, 6) is 0.712. The van der Waals surface area contributed by atoms with E-state index in [2.05, 4.69) is 20.4 Å². The zero-order valence-corrected chi connectivity index (χ0v) is 16.9. The molecule has 154 valence electrons. The van der Waals surface area contributed by atoms with Crippen LogP contribution in [0.3, 0.4) is 0 Å². The molecular formula is C17H21F3N4O3S. The summed E-state index contributed by atoms with van der Waals surface area (Å²) >= 11 is 1.15. The molecule has 2 aromatic rings. The van der Waals surface area contributed by atoms with Crippen LogP contribution in [0.4, 0.5) is 18.0 Å². The van der Waals surface area contributed by atoms with Crippen molar-refractivity contribution in [1.82, 2.24) is 20.4 Å². The maximum atomic E-state index is 12.5. The van der Waals surface area contributed by atoms with E-state index >= 15 is 0 Å². The highest BCUT2D eigenvalue weighted by molar-refractivity contribution is 7.98. The van der Waals surface area contributed by atoms with Crippen molar-refractivity contribution in [3.8, 4) is 0 Å². The number of alkyl carbamates (subject to hydrolysis) is 1. The van der Waals surface area contributed by atoms with Crippen molar-refractivity contribution in [2.75, 3.05) is 0 Å². The summed E-state index contributed by atoms with van der Waals surface area (Å²) in [5.41, 5.74) is -2.40. The average Bonchev–Trinajstić information content (AvgIpc) is 3.00. The Morgan fingerprint density at radius 2 is 1.89 bits per heavy atom. The number of alkyl halides is 3. The second-order valence-corrected chi connectivity index (χ2v) is 8.43. The summed E-state index contributed by atoms with van der Waals surface area (Å²) in [5, 5.41) is 6.91. The number of carbonyl (C=O) groups is 1. The van der Waals surface area contributed by atoms with E-state index in [1.807, 2.05) is 0 Å². The highest BCUT2D eigenvalue weighted by Crippen LogP contribution is 2.30. The van der Waals surface area contributed by atoms with E-state index in [1.165, 1.54) is 6.07 Å². The molecule has 7 nitrogen and oxygen atoms in total. The zero-order valence-electron chi connectivity index (χ0n) is 16.0. The molecule has 0 aliphatic carbocycles. The van der Waals surface area contributed by atoms with Crippen molar-refractivity contribution in [3.63, 3.8) is 0 Å². The van der Waals surface area contributed by atoms with Gasteiger partial charge in [-0.15, -0.1) is 0 Å². The molecule has 0 saturated carbocycles. The van der Waals surface area contributed by atoms with E-state index in [9.17, 15) is 18.0 Å². The normalized spacial score (nSPS) is 12.7. The van der Waals surface area contributed by atoms with Crippen LogP contribution in [-0.4, -0.2) is 26.8 Å². The second kappa shape index (κ2) is 7.98. The third-order valence-electron chi connectivity index (χ3n) is 3.25. The van der Waals surface area contributed by atoms with Gasteiger partial charge in [-0.2, -0.15) is 18.2 Å². The van der Waals surface area contributed by atoms with Crippen molar-refractivity contribution in [1.29, 1.82) is 0 Å². The highest BCUT2D eigenvalue weighted by Gasteiger charge is 2.32. The molecule has 0 spiro atoms. The maximum absolute atomic E-state index is 12.5. The monoisotopic (exact) mass is 418 g/mol. The lowest BCUT2D eigenvalue weighted by atomic mass is 10.1. The number of halogens is 3. The van der Waals surface area contributed by atoms with Crippen molar-refractivity contribution >= 4 is 17.9 Å². The smallest absolute Gasteiger partial charge is 0.417 e. The molecular weight excluding hydrogens is 397 g/mol. The van der Waals surface area contributed by atoms with Crippen LogP contribution in [0, 0.1) is 0 Å². The van der Waals surface area contributed by atoms with Crippen LogP contribution in [-0.2, 0) is 22.2 Å². The number of amides is 1. The van der Waals surface area contributed by atoms with E-state index in [4.69, 9.17) is 9.26 Å². The molecule has 1 N–H and O–H groups in total. The lowest BCUT2D eigenvalue weighted by molar-refractivity contribution is -0.137. The molecule has 0 aromatic carbocycles. The Bertz CT molecular complexity index is 814. The first-order valence-electron chi connectivity index (χ1n) is 8.26. The number of hydrogen-bond acceptors (Lipinski definition) is 7. The average molecular weight is 418 g/mol. The number of nitrogens with one attached hydrogen (secondary N) is 1. The third-order valence-corrected chi connectivity index (χ3v) is 4.18. The van der Waals surface area contributed by atoms with E-state index in [0.717, 1.165) is 24.0 Å². The van der Waals surface area contributed by atoms with Gasteiger partial charge in [0, 0.05) is 6.20 Å². The first-order chi connectivity index (χ1) is 12.8. The third kappa shape index (κ3) is 6.39. The molecule has 0 unspecified atom stereocenters. The highest BCUT2D eigenvalue weighted by atomic mass is 32.2. The van der Waals surface area contributed by atoms with Gasteiger partial charge in [-0.25, -0.2) is 9.78 Å². The summed E-state index contributed by atoms with van der Waals surface area (Å²) in [6.45, 7) is 8.63. The number of rotatable bonds is 5. The Labute approximate surface area is 164 Å². The van der Waals surface area contributed by atoms with Gasteiger partial charge in [-0.1, -0.05) is 16.9 Å². The standard InChI is InChI=1S/C17H21F3N4O3S/c1-15(2,3)26-14(25)23-16(4,5)13-22-11(27-24-13)9-28-12-7-6-10(8-21-12)17(18,19)20/h6-8H,9H2,1-5H3,(H,23,25). The van der Waals surface area contributed by atoms with Gasteiger partial charge in [0.25, 0.3) is 0 Å². The van der Waals surface area contributed by atoms with Crippen molar-refractivity contribution in [2.45, 2.75) is 62.7 Å². The number of pyridine rings is 1. The van der Waals surface area contributed by atoms with Gasteiger partial charge < -0.3 is 14.6 Å². The fourth-order valence-corrected chi connectivity index (χ4v) is 2.63. The van der Waals surface area contributed by atoms with Crippen molar-refractivity contribution < 1.29 is 27.2 Å². The number of aromatic nitrogens is 3. The van der Waals surface area contributed by atoms with E-state index in [1.54, 1.807) is 34.6 Å². The Hall–Kier alpha value is -2.30. The van der Waals surface area contributed by atoms with Crippen LogP contribution in [0.2, 0.25) is 0 Å². The van der Waals surface area contributed by atoms with Crippen LogP contribution in [0.5, 0.6) is 0 Å². The van der Waals surface area contributed by atoms with Crippen molar-refractivity contribution in [2.24, 2.45) is 0 Å². The van der Waals surface area contributed by atoms with Gasteiger partial charge in [0.2, 0.25) is 5.89 Å². The van der Waals surface area contributed by atoms with Gasteiger partial charge in [-0.05, 0) is 46.8 Å². The van der Waals surface area contributed by atoms with Crippen molar-refractivity contribution in [3.05, 3.63) is 35.6 Å². The van der Waals surface area contributed by atoms with Crippen LogP contribution in [0.25, 0.3) is 0 Å². The quantitative estimate of drug-likeness (QED) is 0.713. The molecule has 28 heavy (non-hydrogen) atoms. The van der Waals surface area contributed by atoms with Crippen LogP contribution in [0.1, 0.15) is 51.9 Å². The predicted molar refractivity (Wildman–Crippen MR) is 95.5 cm³/mol. The Kier molecular flexibility index (Phi) is 6.27. The maximum Gasteiger partial charge on any atom is 0.417 e. The summed E-state index contributed by atoms with van der Waals surface area (Å²) in [6.07, 6.45) is -4.27. The summed E-state index contributed by atoms with van der Waals surface area (Å²) < 4.78 is 48.0. The molecule has 0 atom stereocenters. The minimum atomic E-state index is -4.43. The first kappa shape index (κ1) is 22.0. The minimum absolute atomic E-state index is 0.216. The largest absolute Gasteiger partial charge is 0.444 e. The predicted octanol–water partition coefficient (Wildman–Crippen LogP) is 4.54. The molecule has 0 bridgehead atoms. The number of carbonyl (C=O) groups excluding carboxylic acids is 1. The first-order valence-corrected chi connectivity index (χ1v) is 9.25. The molecule has 0 radical (unpaired) electrons. The second-order valence-electron chi connectivity index (χ2n) is 7.44. The molecule has 0 fully saturated rings. The number of hydrogen-bond donors (Lipinski definition) is 1. The lowest BCUT2D eigenvalue weighted by Crippen LogP contribution is -2.44. The number of nitrogens with zero attached hydrogens (tertiary/aromatic N) is 3.